The first-order valence-corrected chi connectivity index (χ1v) is 6.72. The molecule has 0 aliphatic heterocycles. The van der Waals surface area contributed by atoms with E-state index in [2.05, 4.69) is 5.32 Å². The Labute approximate surface area is 123 Å². The summed E-state index contributed by atoms with van der Waals surface area (Å²) in [6, 6.07) is 13.0. The molecule has 0 spiro atoms. The maximum absolute atomic E-state index is 11.9. The highest BCUT2D eigenvalue weighted by molar-refractivity contribution is 5.90. The minimum atomic E-state index is -0.837. The second-order valence-electron chi connectivity index (χ2n) is 4.76. The summed E-state index contributed by atoms with van der Waals surface area (Å²) in [6.45, 7) is 1.97. The number of aryl methyl sites for hydroxylation is 1. The first-order chi connectivity index (χ1) is 10.1. The number of rotatable bonds is 5. The van der Waals surface area contributed by atoms with Crippen molar-refractivity contribution in [1.29, 1.82) is 0 Å². The lowest BCUT2D eigenvalue weighted by Crippen LogP contribution is -2.35. The topological polar surface area (TPSA) is 60.3 Å². The number of benzene rings is 1. The molecule has 21 heavy (non-hydrogen) atoms. The van der Waals surface area contributed by atoms with Crippen LogP contribution in [-0.4, -0.2) is 22.5 Å². The molecule has 0 radical (unpaired) electrons. The van der Waals surface area contributed by atoms with Crippen LogP contribution in [0.25, 0.3) is 0 Å². The van der Waals surface area contributed by atoms with Crippen LogP contribution in [0.1, 0.15) is 23.0 Å². The molecular formula is C16H18N2O3. The van der Waals surface area contributed by atoms with Crippen LogP contribution in [0.5, 0.6) is 0 Å². The maximum atomic E-state index is 11.9. The summed E-state index contributed by atoms with van der Waals surface area (Å²) in [4.78, 5) is 23.8. The van der Waals surface area contributed by atoms with Gasteiger partial charge in [0.25, 0.3) is 5.91 Å². The first-order valence-electron chi connectivity index (χ1n) is 6.72. The van der Waals surface area contributed by atoms with Crippen molar-refractivity contribution in [3.8, 4) is 0 Å². The summed E-state index contributed by atoms with van der Waals surface area (Å²) in [5.41, 5.74) is 1.41. The monoisotopic (exact) mass is 286 g/mol. The molecule has 0 saturated heterocycles. The molecular weight excluding hydrogens is 268 g/mol. The Kier molecular flexibility index (Phi) is 4.77. The van der Waals surface area contributed by atoms with Gasteiger partial charge in [0.2, 0.25) is 0 Å². The highest BCUT2D eigenvalue weighted by Crippen LogP contribution is 2.05. The lowest BCUT2D eigenvalue weighted by molar-refractivity contribution is -0.129. The Morgan fingerprint density at radius 1 is 1.19 bits per heavy atom. The minimum absolute atomic E-state index is 0.318. The number of esters is 1. The van der Waals surface area contributed by atoms with Gasteiger partial charge in [0.1, 0.15) is 5.69 Å². The molecule has 2 aromatic rings. The number of carbonyl (C=O) groups excluding carboxylic acids is 2. The summed E-state index contributed by atoms with van der Waals surface area (Å²) in [5, 5.41) is 2.74. The van der Waals surface area contributed by atoms with Crippen molar-refractivity contribution in [1.82, 2.24) is 9.88 Å². The van der Waals surface area contributed by atoms with E-state index in [1.165, 1.54) is 0 Å². The van der Waals surface area contributed by atoms with Crippen molar-refractivity contribution < 1.29 is 14.3 Å². The Morgan fingerprint density at radius 2 is 1.90 bits per heavy atom. The van der Waals surface area contributed by atoms with E-state index in [0.717, 1.165) is 5.56 Å². The zero-order valence-corrected chi connectivity index (χ0v) is 12.1. The zero-order chi connectivity index (χ0) is 15.2. The smallest absolute Gasteiger partial charge is 0.355 e. The Hall–Kier alpha value is -2.56. The third-order valence-electron chi connectivity index (χ3n) is 3.12. The summed E-state index contributed by atoms with van der Waals surface area (Å²) >= 11 is 0. The standard InChI is InChI=1S/C16H18N2O3/c1-12(21-16(20)14-9-6-10-18(14)2)15(19)17-11-13-7-4-3-5-8-13/h3-10,12H,11H2,1-2H3,(H,17,19)/t12-/m0/s1. The van der Waals surface area contributed by atoms with Crippen molar-refractivity contribution in [2.45, 2.75) is 19.6 Å². The van der Waals surface area contributed by atoms with Crippen LogP contribution in [-0.2, 0) is 23.1 Å². The quantitative estimate of drug-likeness (QED) is 0.854. The van der Waals surface area contributed by atoms with Crippen LogP contribution in [0.2, 0.25) is 0 Å². The van der Waals surface area contributed by atoms with Gasteiger partial charge in [-0.2, -0.15) is 0 Å². The second-order valence-corrected chi connectivity index (χ2v) is 4.76. The van der Waals surface area contributed by atoms with E-state index in [1.54, 1.807) is 36.9 Å². The highest BCUT2D eigenvalue weighted by atomic mass is 16.5. The number of ether oxygens (including phenoxy) is 1. The van der Waals surface area contributed by atoms with Gasteiger partial charge < -0.3 is 14.6 Å². The fraction of sp³-hybridized carbons (Fsp3) is 0.250. The van der Waals surface area contributed by atoms with Crippen LogP contribution in [0.4, 0.5) is 0 Å². The number of aromatic nitrogens is 1. The molecule has 1 amide bonds. The SMILES string of the molecule is C[C@H](OC(=O)c1cccn1C)C(=O)NCc1ccccc1. The van der Waals surface area contributed by atoms with Crippen molar-refractivity contribution in [2.24, 2.45) is 7.05 Å². The lowest BCUT2D eigenvalue weighted by atomic mass is 10.2. The molecule has 0 saturated carbocycles. The number of carbonyl (C=O) groups is 2. The van der Waals surface area contributed by atoms with Gasteiger partial charge in [-0.05, 0) is 24.6 Å². The first kappa shape index (κ1) is 14.8. The fourth-order valence-electron chi connectivity index (χ4n) is 1.88. The molecule has 0 unspecified atom stereocenters. The second kappa shape index (κ2) is 6.74. The van der Waals surface area contributed by atoms with Crippen LogP contribution in [0, 0.1) is 0 Å². The summed E-state index contributed by atoms with van der Waals surface area (Å²) in [5.74, 6) is -0.828. The molecule has 1 aromatic carbocycles. The summed E-state index contributed by atoms with van der Waals surface area (Å²) in [6.07, 6.45) is 0.910. The van der Waals surface area contributed by atoms with Crippen molar-refractivity contribution in [3.05, 3.63) is 59.9 Å². The molecule has 110 valence electrons. The summed E-state index contributed by atoms with van der Waals surface area (Å²) < 4.78 is 6.80. The van der Waals surface area contributed by atoms with E-state index >= 15 is 0 Å². The Bertz CT molecular complexity index is 619. The third-order valence-corrected chi connectivity index (χ3v) is 3.12. The van der Waals surface area contributed by atoms with Gasteiger partial charge in [-0.1, -0.05) is 30.3 Å². The van der Waals surface area contributed by atoms with Crippen molar-refractivity contribution >= 4 is 11.9 Å². The molecule has 0 fully saturated rings. The van der Waals surface area contributed by atoms with Gasteiger partial charge in [0, 0.05) is 19.8 Å². The Balaban J connectivity index is 1.85. The molecule has 1 aromatic heterocycles. The van der Waals surface area contributed by atoms with Gasteiger partial charge in [0.05, 0.1) is 0 Å². The number of amides is 1. The van der Waals surface area contributed by atoms with Crippen LogP contribution in [0.15, 0.2) is 48.7 Å². The maximum Gasteiger partial charge on any atom is 0.355 e. The molecule has 2 rings (SSSR count). The van der Waals surface area contributed by atoms with E-state index in [1.807, 2.05) is 30.3 Å². The van der Waals surface area contributed by atoms with E-state index in [-0.39, 0.29) is 5.91 Å². The molecule has 0 bridgehead atoms. The molecule has 1 atom stereocenters. The van der Waals surface area contributed by atoms with E-state index in [4.69, 9.17) is 4.74 Å². The predicted molar refractivity (Wildman–Crippen MR) is 78.6 cm³/mol. The van der Waals surface area contributed by atoms with Crippen LogP contribution >= 0.6 is 0 Å². The Morgan fingerprint density at radius 3 is 2.52 bits per heavy atom. The molecule has 1 heterocycles. The van der Waals surface area contributed by atoms with E-state index < -0.39 is 12.1 Å². The normalized spacial score (nSPS) is 11.7. The van der Waals surface area contributed by atoms with Crippen LogP contribution in [0.3, 0.4) is 0 Å². The third kappa shape index (κ3) is 3.95. The number of hydrogen-bond acceptors (Lipinski definition) is 3. The number of nitrogens with one attached hydrogen (secondary N) is 1. The van der Waals surface area contributed by atoms with Gasteiger partial charge in [-0.3, -0.25) is 4.79 Å². The van der Waals surface area contributed by atoms with E-state index in [0.29, 0.717) is 12.2 Å². The van der Waals surface area contributed by atoms with Crippen molar-refractivity contribution in [2.75, 3.05) is 0 Å². The van der Waals surface area contributed by atoms with E-state index in [9.17, 15) is 9.59 Å². The van der Waals surface area contributed by atoms with Gasteiger partial charge in [0.15, 0.2) is 6.10 Å². The van der Waals surface area contributed by atoms with Crippen LogP contribution < -0.4 is 5.32 Å². The molecule has 5 nitrogen and oxygen atoms in total. The highest BCUT2D eigenvalue weighted by Gasteiger charge is 2.19. The molecule has 0 aliphatic carbocycles. The van der Waals surface area contributed by atoms with Gasteiger partial charge in [-0.25, -0.2) is 4.79 Å². The van der Waals surface area contributed by atoms with Gasteiger partial charge >= 0.3 is 5.97 Å². The lowest BCUT2D eigenvalue weighted by Gasteiger charge is -2.13. The molecule has 1 N–H and O–H groups in total. The average molecular weight is 286 g/mol. The fourth-order valence-corrected chi connectivity index (χ4v) is 1.88. The minimum Gasteiger partial charge on any atom is -0.448 e. The molecule has 5 heteroatoms. The number of nitrogens with zero attached hydrogens (tertiary/aromatic N) is 1. The van der Waals surface area contributed by atoms with Crippen molar-refractivity contribution in [3.63, 3.8) is 0 Å². The van der Waals surface area contributed by atoms with Gasteiger partial charge in [-0.15, -0.1) is 0 Å². The largest absolute Gasteiger partial charge is 0.448 e. The average Bonchev–Trinajstić information content (AvgIpc) is 2.92. The molecule has 0 aliphatic rings. The number of hydrogen-bond donors (Lipinski definition) is 1. The predicted octanol–water partition coefficient (Wildman–Crippen LogP) is 1.89. The zero-order valence-electron chi connectivity index (χ0n) is 12.1. The summed E-state index contributed by atoms with van der Waals surface area (Å²) in [7, 11) is 1.75.